The third kappa shape index (κ3) is 1.88. The molecule has 0 N–H and O–H groups in total. The largest absolute Gasteiger partial charge is 0.295 e. The molecule has 0 spiro atoms. The zero-order valence-corrected chi connectivity index (χ0v) is 10.9. The van der Waals surface area contributed by atoms with Gasteiger partial charge >= 0.3 is 0 Å². The van der Waals surface area contributed by atoms with Gasteiger partial charge in [-0.25, -0.2) is 0 Å². The Morgan fingerprint density at radius 2 is 1.81 bits per heavy atom. The molecular weight excluding hydrogens is 196 g/mol. The summed E-state index contributed by atoms with van der Waals surface area (Å²) in [5.74, 6) is 1.55. The SMILES string of the molecule is CC(C)=C1CC2=C(CCC2C)C(C)CC1=O. The van der Waals surface area contributed by atoms with E-state index in [2.05, 4.69) is 27.7 Å². The first-order valence-corrected chi connectivity index (χ1v) is 6.42. The second-order valence-electron chi connectivity index (χ2n) is 5.67. The summed E-state index contributed by atoms with van der Waals surface area (Å²) in [6.45, 7) is 8.68. The number of ketones is 1. The maximum Gasteiger partial charge on any atom is 0.159 e. The molecule has 2 rings (SSSR count). The Morgan fingerprint density at radius 1 is 1.12 bits per heavy atom. The summed E-state index contributed by atoms with van der Waals surface area (Å²) in [4.78, 5) is 12.1. The molecule has 0 aromatic carbocycles. The molecule has 0 amide bonds. The molecule has 0 aromatic rings. The summed E-state index contributed by atoms with van der Waals surface area (Å²) in [7, 11) is 0. The fourth-order valence-corrected chi connectivity index (χ4v) is 3.14. The smallest absolute Gasteiger partial charge is 0.159 e. The van der Waals surface area contributed by atoms with Gasteiger partial charge in [-0.05, 0) is 50.5 Å². The molecule has 0 saturated carbocycles. The molecule has 88 valence electrons. The van der Waals surface area contributed by atoms with Gasteiger partial charge in [0.15, 0.2) is 5.78 Å². The minimum Gasteiger partial charge on any atom is -0.295 e. The van der Waals surface area contributed by atoms with Crippen molar-refractivity contribution in [1.29, 1.82) is 0 Å². The predicted octanol–water partition coefficient (Wildman–Crippen LogP) is 4.05. The molecule has 2 atom stereocenters. The monoisotopic (exact) mass is 218 g/mol. The van der Waals surface area contributed by atoms with E-state index in [0.29, 0.717) is 17.6 Å². The minimum absolute atomic E-state index is 0.383. The van der Waals surface area contributed by atoms with Gasteiger partial charge < -0.3 is 0 Å². The zero-order chi connectivity index (χ0) is 11.9. The van der Waals surface area contributed by atoms with Crippen LogP contribution < -0.4 is 0 Å². The van der Waals surface area contributed by atoms with Gasteiger partial charge in [0.25, 0.3) is 0 Å². The number of hydrogen-bond acceptors (Lipinski definition) is 1. The van der Waals surface area contributed by atoms with Crippen molar-refractivity contribution >= 4 is 5.78 Å². The van der Waals surface area contributed by atoms with Crippen molar-refractivity contribution in [3.8, 4) is 0 Å². The molecular formula is C15H22O. The molecule has 2 unspecified atom stereocenters. The number of Topliss-reactive ketones (excluding diaryl/α,β-unsaturated/α-hetero) is 1. The molecule has 0 fully saturated rings. The lowest BCUT2D eigenvalue weighted by molar-refractivity contribution is -0.116. The highest BCUT2D eigenvalue weighted by Gasteiger charge is 2.31. The quantitative estimate of drug-likeness (QED) is 0.443. The van der Waals surface area contributed by atoms with Gasteiger partial charge in [-0.15, -0.1) is 0 Å². The summed E-state index contributed by atoms with van der Waals surface area (Å²) in [6, 6.07) is 0. The molecule has 0 aliphatic heterocycles. The average molecular weight is 218 g/mol. The second kappa shape index (κ2) is 4.20. The minimum atomic E-state index is 0.383. The highest BCUT2D eigenvalue weighted by molar-refractivity contribution is 5.97. The topological polar surface area (TPSA) is 17.1 Å². The summed E-state index contributed by atoms with van der Waals surface area (Å²) < 4.78 is 0. The number of carbonyl (C=O) groups is 1. The predicted molar refractivity (Wildman–Crippen MR) is 67.2 cm³/mol. The standard InChI is InChI=1S/C15H22O/c1-9(2)13-8-14-10(3)5-6-12(14)11(4)7-15(13)16/h10-11H,5-8H2,1-4H3. The van der Waals surface area contributed by atoms with Crippen LogP contribution in [-0.4, -0.2) is 5.78 Å². The van der Waals surface area contributed by atoms with E-state index in [1.165, 1.54) is 18.4 Å². The Balaban J connectivity index is 2.41. The molecule has 2 aliphatic carbocycles. The highest BCUT2D eigenvalue weighted by atomic mass is 16.1. The first kappa shape index (κ1) is 11.6. The summed E-state index contributed by atoms with van der Waals surface area (Å²) in [5.41, 5.74) is 5.47. The van der Waals surface area contributed by atoms with Crippen LogP contribution in [0.3, 0.4) is 0 Å². The van der Waals surface area contributed by atoms with Gasteiger partial charge in [0.1, 0.15) is 0 Å². The lowest BCUT2D eigenvalue weighted by atomic mass is 9.93. The second-order valence-corrected chi connectivity index (χ2v) is 5.67. The number of rotatable bonds is 0. The molecule has 0 saturated heterocycles. The van der Waals surface area contributed by atoms with E-state index in [4.69, 9.17) is 0 Å². The number of hydrogen-bond donors (Lipinski definition) is 0. The van der Waals surface area contributed by atoms with Crippen LogP contribution in [0, 0.1) is 11.8 Å². The Morgan fingerprint density at radius 3 is 2.44 bits per heavy atom. The molecule has 0 bridgehead atoms. The van der Waals surface area contributed by atoms with Crippen LogP contribution in [0.5, 0.6) is 0 Å². The first-order valence-electron chi connectivity index (χ1n) is 6.42. The maximum absolute atomic E-state index is 12.1. The fourth-order valence-electron chi connectivity index (χ4n) is 3.14. The van der Waals surface area contributed by atoms with Gasteiger partial charge in [0.05, 0.1) is 0 Å². The van der Waals surface area contributed by atoms with Crippen LogP contribution in [0.15, 0.2) is 22.3 Å². The summed E-state index contributed by atoms with van der Waals surface area (Å²) in [5, 5.41) is 0. The third-order valence-corrected chi connectivity index (χ3v) is 4.25. The summed E-state index contributed by atoms with van der Waals surface area (Å²) in [6.07, 6.45) is 4.17. The number of allylic oxidation sites excluding steroid dienone is 4. The molecule has 16 heavy (non-hydrogen) atoms. The molecule has 0 heterocycles. The van der Waals surface area contributed by atoms with Gasteiger partial charge in [-0.1, -0.05) is 30.6 Å². The molecule has 1 heteroatoms. The van der Waals surface area contributed by atoms with Crippen molar-refractivity contribution in [2.24, 2.45) is 11.8 Å². The van der Waals surface area contributed by atoms with Crippen molar-refractivity contribution in [1.82, 2.24) is 0 Å². The van der Waals surface area contributed by atoms with E-state index in [-0.39, 0.29) is 0 Å². The normalized spacial score (nSPS) is 30.5. The average Bonchev–Trinajstić information content (AvgIpc) is 2.49. The molecule has 2 aliphatic rings. The molecule has 0 radical (unpaired) electrons. The van der Waals surface area contributed by atoms with Crippen LogP contribution >= 0.6 is 0 Å². The Hall–Kier alpha value is -0.850. The molecule has 0 aromatic heterocycles. The van der Waals surface area contributed by atoms with E-state index < -0.39 is 0 Å². The van der Waals surface area contributed by atoms with Gasteiger partial charge in [0, 0.05) is 6.42 Å². The van der Waals surface area contributed by atoms with Crippen molar-refractivity contribution in [3.63, 3.8) is 0 Å². The van der Waals surface area contributed by atoms with Crippen LogP contribution in [0.1, 0.15) is 53.4 Å². The number of carbonyl (C=O) groups excluding carboxylic acids is 1. The van der Waals surface area contributed by atoms with Crippen LogP contribution in [-0.2, 0) is 4.79 Å². The maximum atomic E-state index is 12.1. The highest BCUT2D eigenvalue weighted by Crippen LogP contribution is 2.43. The van der Waals surface area contributed by atoms with E-state index >= 15 is 0 Å². The lowest BCUT2D eigenvalue weighted by Gasteiger charge is -2.11. The van der Waals surface area contributed by atoms with Crippen molar-refractivity contribution < 1.29 is 4.79 Å². The van der Waals surface area contributed by atoms with E-state index in [1.54, 1.807) is 11.1 Å². The third-order valence-electron chi connectivity index (χ3n) is 4.25. The lowest BCUT2D eigenvalue weighted by Crippen LogP contribution is -2.08. The molecule has 1 nitrogen and oxygen atoms in total. The van der Waals surface area contributed by atoms with E-state index in [0.717, 1.165) is 18.4 Å². The fraction of sp³-hybridized carbons (Fsp3) is 0.667. The van der Waals surface area contributed by atoms with Crippen LogP contribution in [0.4, 0.5) is 0 Å². The van der Waals surface area contributed by atoms with Crippen molar-refractivity contribution in [2.75, 3.05) is 0 Å². The van der Waals surface area contributed by atoms with Gasteiger partial charge in [-0.3, -0.25) is 4.79 Å². The first-order chi connectivity index (χ1) is 7.50. The zero-order valence-electron chi connectivity index (χ0n) is 10.9. The Labute approximate surface area is 98.6 Å². The van der Waals surface area contributed by atoms with Crippen molar-refractivity contribution in [2.45, 2.75) is 53.4 Å². The van der Waals surface area contributed by atoms with E-state index in [1.807, 2.05) is 0 Å². The van der Waals surface area contributed by atoms with Crippen LogP contribution in [0.25, 0.3) is 0 Å². The summed E-state index contributed by atoms with van der Waals surface area (Å²) >= 11 is 0. The van der Waals surface area contributed by atoms with Crippen molar-refractivity contribution in [3.05, 3.63) is 22.3 Å². The van der Waals surface area contributed by atoms with Gasteiger partial charge in [0.2, 0.25) is 0 Å². The van der Waals surface area contributed by atoms with Gasteiger partial charge in [-0.2, -0.15) is 0 Å². The van der Waals surface area contributed by atoms with E-state index in [9.17, 15) is 4.79 Å². The van der Waals surface area contributed by atoms with Crippen LogP contribution in [0.2, 0.25) is 0 Å². The Bertz CT molecular complexity index is 380. The Kier molecular flexibility index (Phi) is 3.05.